The molecule has 2 amide bonds. The molecular weight excluding hydrogens is 490 g/mol. The van der Waals surface area contributed by atoms with Gasteiger partial charge in [0.05, 0.1) is 24.0 Å². The Morgan fingerprint density at radius 2 is 2.17 bits per heavy atom. The summed E-state index contributed by atoms with van der Waals surface area (Å²) >= 11 is 6.40. The summed E-state index contributed by atoms with van der Waals surface area (Å²) < 4.78 is 6.53. The zero-order valence-electron chi connectivity index (χ0n) is 19.1. The first-order valence-electron chi connectivity index (χ1n) is 10.8. The van der Waals surface area contributed by atoms with Gasteiger partial charge in [-0.1, -0.05) is 36.1 Å². The van der Waals surface area contributed by atoms with Gasteiger partial charge in [-0.15, -0.1) is 6.58 Å². The summed E-state index contributed by atoms with van der Waals surface area (Å²) in [5.41, 5.74) is 0.870. The van der Waals surface area contributed by atoms with Crippen molar-refractivity contribution in [1.29, 1.82) is 0 Å². The molecule has 0 saturated carbocycles. The van der Waals surface area contributed by atoms with Gasteiger partial charge < -0.3 is 15.0 Å². The van der Waals surface area contributed by atoms with E-state index in [2.05, 4.69) is 11.9 Å². The third kappa shape index (κ3) is 4.58. The van der Waals surface area contributed by atoms with Crippen LogP contribution < -0.4 is 15.8 Å². The van der Waals surface area contributed by atoms with Gasteiger partial charge in [0.1, 0.15) is 21.8 Å². The van der Waals surface area contributed by atoms with Crippen molar-refractivity contribution in [2.24, 2.45) is 0 Å². The van der Waals surface area contributed by atoms with E-state index < -0.39 is 17.6 Å². The molecule has 1 unspecified atom stereocenters. The predicted molar refractivity (Wildman–Crippen MR) is 137 cm³/mol. The van der Waals surface area contributed by atoms with E-state index in [1.54, 1.807) is 23.2 Å². The van der Waals surface area contributed by atoms with Gasteiger partial charge in [0.2, 0.25) is 5.91 Å². The van der Waals surface area contributed by atoms with Gasteiger partial charge in [0.15, 0.2) is 0 Å². The molecule has 35 heavy (non-hydrogen) atoms. The molecular formula is C23H23N5O5S2. The fourth-order valence-corrected chi connectivity index (χ4v) is 5.23. The van der Waals surface area contributed by atoms with Gasteiger partial charge in [0.25, 0.3) is 11.5 Å². The average molecular weight is 514 g/mol. The Labute approximate surface area is 210 Å². The van der Waals surface area contributed by atoms with Gasteiger partial charge in [-0.05, 0) is 24.6 Å². The smallest absolute Gasteiger partial charge is 0.308 e. The van der Waals surface area contributed by atoms with E-state index in [4.69, 9.17) is 21.9 Å². The Morgan fingerprint density at radius 1 is 1.40 bits per heavy atom. The third-order valence-corrected chi connectivity index (χ3v) is 7.09. The van der Waals surface area contributed by atoms with Crippen LogP contribution in [-0.4, -0.2) is 69.2 Å². The number of anilines is 1. The molecule has 10 nitrogen and oxygen atoms in total. The van der Waals surface area contributed by atoms with Crippen LogP contribution in [0, 0.1) is 6.92 Å². The minimum atomic E-state index is -0.933. The van der Waals surface area contributed by atoms with Crippen molar-refractivity contribution >= 4 is 63.6 Å². The maximum atomic E-state index is 13.7. The van der Waals surface area contributed by atoms with Crippen LogP contribution in [0.25, 0.3) is 11.7 Å². The third-order valence-electron chi connectivity index (χ3n) is 5.72. The number of nitrogens with zero attached hydrogens (tertiary/aromatic N) is 4. The van der Waals surface area contributed by atoms with Gasteiger partial charge >= 0.3 is 5.97 Å². The molecule has 0 aromatic carbocycles. The number of nitrogens with one attached hydrogen (secondary N) is 1. The summed E-state index contributed by atoms with van der Waals surface area (Å²) in [4.78, 5) is 59.5. The average Bonchev–Trinajstić information content (AvgIpc) is 3.10. The van der Waals surface area contributed by atoms with E-state index in [1.165, 1.54) is 22.5 Å². The number of fused-ring (bicyclic) bond motifs is 1. The SMILES string of the molecule is C=CCN1C(=O)/C(=C/c2c(N3CCNC(=O)C3CC(=O)OC)nc3c(C)cccn3c2=O)SC1=S. The zero-order valence-corrected chi connectivity index (χ0v) is 20.8. The minimum Gasteiger partial charge on any atom is -0.469 e. The van der Waals surface area contributed by atoms with Crippen molar-refractivity contribution in [3.05, 3.63) is 57.4 Å². The molecule has 2 fully saturated rings. The molecule has 0 aliphatic carbocycles. The van der Waals surface area contributed by atoms with Crippen molar-refractivity contribution in [3.63, 3.8) is 0 Å². The lowest BCUT2D eigenvalue weighted by molar-refractivity contribution is -0.143. The number of ether oxygens (including phenoxy) is 1. The highest BCUT2D eigenvalue weighted by molar-refractivity contribution is 8.26. The van der Waals surface area contributed by atoms with Crippen LogP contribution in [0.5, 0.6) is 0 Å². The predicted octanol–water partition coefficient (Wildman–Crippen LogP) is 1.26. The zero-order chi connectivity index (χ0) is 25.3. The minimum absolute atomic E-state index is 0.122. The Balaban J connectivity index is 1.93. The van der Waals surface area contributed by atoms with Crippen LogP contribution in [0.2, 0.25) is 0 Å². The first-order valence-corrected chi connectivity index (χ1v) is 12.0. The molecule has 0 radical (unpaired) electrons. The highest BCUT2D eigenvalue weighted by Gasteiger charge is 2.36. The molecule has 4 rings (SSSR count). The summed E-state index contributed by atoms with van der Waals surface area (Å²) in [6.07, 6.45) is 4.40. The lowest BCUT2D eigenvalue weighted by atomic mass is 10.1. The highest BCUT2D eigenvalue weighted by atomic mass is 32.2. The molecule has 182 valence electrons. The summed E-state index contributed by atoms with van der Waals surface area (Å²) in [7, 11) is 1.24. The molecule has 2 aliphatic rings. The number of rotatable bonds is 6. The van der Waals surface area contributed by atoms with Gasteiger partial charge in [-0.2, -0.15) is 0 Å². The van der Waals surface area contributed by atoms with Gasteiger partial charge in [-0.25, -0.2) is 4.98 Å². The van der Waals surface area contributed by atoms with Crippen LogP contribution in [0.3, 0.4) is 0 Å². The number of amides is 2. The second-order valence-corrected chi connectivity index (χ2v) is 9.58. The van der Waals surface area contributed by atoms with Crippen LogP contribution >= 0.6 is 24.0 Å². The monoisotopic (exact) mass is 513 g/mol. The van der Waals surface area contributed by atoms with E-state index in [0.717, 1.165) is 17.3 Å². The highest BCUT2D eigenvalue weighted by Crippen LogP contribution is 2.34. The number of aryl methyl sites for hydroxylation is 1. The van der Waals surface area contributed by atoms with Gasteiger partial charge in [0, 0.05) is 25.8 Å². The molecule has 1 atom stereocenters. The van der Waals surface area contributed by atoms with E-state index in [-0.39, 0.29) is 41.1 Å². The largest absolute Gasteiger partial charge is 0.469 e. The molecule has 2 aliphatic heterocycles. The molecule has 0 bridgehead atoms. The maximum absolute atomic E-state index is 13.7. The van der Waals surface area contributed by atoms with Crippen molar-refractivity contribution in [1.82, 2.24) is 19.6 Å². The normalized spacial score (nSPS) is 19.4. The molecule has 1 N–H and O–H groups in total. The summed E-state index contributed by atoms with van der Waals surface area (Å²) in [5, 5.41) is 2.74. The second-order valence-electron chi connectivity index (χ2n) is 7.90. The number of carbonyl (C=O) groups is 3. The summed E-state index contributed by atoms with van der Waals surface area (Å²) in [6.45, 7) is 6.32. The summed E-state index contributed by atoms with van der Waals surface area (Å²) in [5.74, 6) is -1.08. The molecule has 0 spiro atoms. The van der Waals surface area contributed by atoms with E-state index in [9.17, 15) is 19.2 Å². The Hall–Kier alpha value is -3.51. The van der Waals surface area contributed by atoms with Gasteiger partial charge in [-0.3, -0.25) is 28.5 Å². The molecule has 2 aromatic heterocycles. The number of piperazine rings is 1. The van der Waals surface area contributed by atoms with Crippen molar-refractivity contribution in [3.8, 4) is 0 Å². The number of thioether (sulfide) groups is 1. The Morgan fingerprint density at radius 3 is 2.89 bits per heavy atom. The number of hydrogen-bond donors (Lipinski definition) is 1. The van der Waals surface area contributed by atoms with Crippen molar-refractivity contribution in [2.75, 3.05) is 31.6 Å². The number of pyridine rings is 1. The molecule has 2 saturated heterocycles. The van der Waals surface area contributed by atoms with Crippen LogP contribution in [0.4, 0.5) is 5.82 Å². The van der Waals surface area contributed by atoms with E-state index in [0.29, 0.717) is 23.1 Å². The topological polar surface area (TPSA) is 113 Å². The van der Waals surface area contributed by atoms with Crippen LogP contribution in [-0.2, 0) is 19.1 Å². The number of aromatic nitrogens is 2. The van der Waals surface area contributed by atoms with E-state index >= 15 is 0 Å². The van der Waals surface area contributed by atoms with Crippen molar-refractivity contribution < 1.29 is 19.1 Å². The van der Waals surface area contributed by atoms with Crippen LogP contribution in [0.15, 0.2) is 40.7 Å². The Kier molecular flexibility index (Phi) is 7.03. The van der Waals surface area contributed by atoms with E-state index in [1.807, 2.05) is 13.0 Å². The fraction of sp³-hybridized carbons (Fsp3) is 0.304. The lowest BCUT2D eigenvalue weighted by Crippen LogP contribution is -2.57. The quantitative estimate of drug-likeness (QED) is 0.264. The number of esters is 1. The maximum Gasteiger partial charge on any atom is 0.308 e. The number of hydrogen-bond acceptors (Lipinski definition) is 9. The summed E-state index contributed by atoms with van der Waals surface area (Å²) in [6, 6.07) is 2.62. The molecule has 2 aromatic rings. The number of carbonyl (C=O) groups excluding carboxylic acids is 3. The molecule has 4 heterocycles. The number of methoxy groups -OCH3 is 1. The lowest BCUT2D eigenvalue weighted by Gasteiger charge is -2.36. The second kappa shape index (κ2) is 10.0. The fourth-order valence-electron chi connectivity index (χ4n) is 3.98. The number of thiocarbonyl (C=S) groups is 1. The first-order chi connectivity index (χ1) is 16.8. The first kappa shape index (κ1) is 24.6. The van der Waals surface area contributed by atoms with Crippen LogP contribution in [0.1, 0.15) is 17.5 Å². The standard InChI is InChI=1S/C23H23N5O5S2/c1-4-8-28-22(32)16(35-23(28)34)11-14-19(25-18-13(2)6-5-9-27(18)21(14)31)26-10-7-24-20(30)15(26)12-17(29)33-3/h4-6,9,11,15H,1,7-8,10,12H2,2-3H3,(H,24,30)/b16-11-. The Bertz CT molecular complexity index is 1350. The molecule has 12 heteroatoms. The van der Waals surface area contributed by atoms with Crippen molar-refractivity contribution in [2.45, 2.75) is 19.4 Å².